The summed E-state index contributed by atoms with van der Waals surface area (Å²) in [7, 11) is -1.55. The minimum Gasteiger partial charge on any atom is -0.378 e. The number of hydrogen-bond acceptors (Lipinski definition) is 3. The highest BCUT2D eigenvalue weighted by atomic mass is 32.2. The zero-order valence-electron chi connectivity index (χ0n) is 14.8. The lowest BCUT2D eigenvalue weighted by Gasteiger charge is -2.57. The maximum atomic E-state index is 13.1. The second-order valence-corrected chi connectivity index (χ2v) is 9.75. The van der Waals surface area contributed by atoms with E-state index in [1.54, 1.807) is 15.7 Å². The van der Waals surface area contributed by atoms with E-state index in [4.69, 9.17) is 4.74 Å². The van der Waals surface area contributed by atoms with Gasteiger partial charge in [-0.15, -0.1) is 0 Å². The van der Waals surface area contributed by atoms with Gasteiger partial charge in [-0.3, -0.25) is 0 Å². The fourth-order valence-electron chi connectivity index (χ4n) is 5.06. The van der Waals surface area contributed by atoms with E-state index >= 15 is 0 Å². The largest absolute Gasteiger partial charge is 0.378 e. The Balaban J connectivity index is 1.75. The average Bonchev–Trinajstić information content (AvgIpc) is 3.03. The molecule has 23 heavy (non-hydrogen) atoms. The van der Waals surface area contributed by atoms with Crippen molar-refractivity contribution in [2.75, 3.05) is 26.7 Å². The summed E-state index contributed by atoms with van der Waals surface area (Å²) in [5.41, 5.74) is 0.0687. The first kappa shape index (κ1) is 17.6. The molecule has 3 aliphatic rings. The molecule has 0 bridgehead atoms. The van der Waals surface area contributed by atoms with Crippen molar-refractivity contribution in [3.8, 4) is 0 Å². The summed E-state index contributed by atoms with van der Waals surface area (Å²) < 4.78 is 35.5. The van der Waals surface area contributed by atoms with Crippen LogP contribution in [0.15, 0.2) is 0 Å². The summed E-state index contributed by atoms with van der Waals surface area (Å²) in [5, 5.41) is 0. The summed E-state index contributed by atoms with van der Waals surface area (Å²) in [6.07, 6.45) is 7.84. The third kappa shape index (κ3) is 2.96. The summed E-state index contributed by atoms with van der Waals surface area (Å²) in [5.74, 6) is 0.463. The van der Waals surface area contributed by atoms with E-state index in [1.165, 1.54) is 12.8 Å². The van der Waals surface area contributed by atoms with Crippen molar-refractivity contribution in [2.24, 2.45) is 11.3 Å². The van der Waals surface area contributed by atoms with Gasteiger partial charge in [-0.2, -0.15) is 17.0 Å². The first-order chi connectivity index (χ1) is 10.9. The van der Waals surface area contributed by atoms with E-state index in [2.05, 4.69) is 6.92 Å². The van der Waals surface area contributed by atoms with Crippen LogP contribution in [0.4, 0.5) is 0 Å². The van der Waals surface area contributed by atoms with E-state index < -0.39 is 10.2 Å². The van der Waals surface area contributed by atoms with Gasteiger partial charge in [0.05, 0.1) is 6.10 Å². The van der Waals surface area contributed by atoms with E-state index in [1.807, 2.05) is 6.92 Å². The predicted octanol–water partition coefficient (Wildman–Crippen LogP) is 2.63. The Hall–Kier alpha value is -0.170. The molecule has 1 aliphatic heterocycles. The molecule has 0 radical (unpaired) electrons. The van der Waals surface area contributed by atoms with Crippen molar-refractivity contribution >= 4 is 10.2 Å². The lowest BCUT2D eigenvalue weighted by Crippen LogP contribution is -2.65. The standard InChI is InChI=1S/C17H32N2O3S/c1-4-22-16-12-15(17(16)9-5-6-10-17)18(3)23(20,21)19-11-7-8-14(2)13-19/h14-16H,4-13H2,1-3H3. The van der Waals surface area contributed by atoms with Crippen LogP contribution in [0.1, 0.15) is 58.8 Å². The molecule has 3 unspecified atom stereocenters. The van der Waals surface area contributed by atoms with Gasteiger partial charge in [-0.05, 0) is 44.9 Å². The van der Waals surface area contributed by atoms with Crippen molar-refractivity contribution in [1.82, 2.24) is 8.61 Å². The van der Waals surface area contributed by atoms with Crippen LogP contribution in [0.3, 0.4) is 0 Å². The maximum absolute atomic E-state index is 13.1. The third-order valence-electron chi connectivity index (χ3n) is 6.39. The Morgan fingerprint density at radius 3 is 2.57 bits per heavy atom. The van der Waals surface area contributed by atoms with Crippen LogP contribution in [0.25, 0.3) is 0 Å². The molecule has 3 atom stereocenters. The summed E-state index contributed by atoms with van der Waals surface area (Å²) >= 11 is 0. The number of hydrogen-bond donors (Lipinski definition) is 0. The van der Waals surface area contributed by atoms with Crippen LogP contribution in [-0.2, 0) is 14.9 Å². The van der Waals surface area contributed by atoms with Crippen LogP contribution in [-0.4, -0.2) is 55.9 Å². The van der Waals surface area contributed by atoms with Gasteiger partial charge in [0.15, 0.2) is 0 Å². The molecule has 0 amide bonds. The number of piperidine rings is 1. The average molecular weight is 345 g/mol. The van der Waals surface area contributed by atoms with Gasteiger partial charge < -0.3 is 4.74 Å². The van der Waals surface area contributed by atoms with Crippen molar-refractivity contribution in [1.29, 1.82) is 0 Å². The molecule has 3 fully saturated rings. The highest BCUT2D eigenvalue weighted by molar-refractivity contribution is 7.86. The van der Waals surface area contributed by atoms with Gasteiger partial charge in [-0.1, -0.05) is 19.8 Å². The van der Waals surface area contributed by atoms with Crippen molar-refractivity contribution in [2.45, 2.75) is 70.9 Å². The van der Waals surface area contributed by atoms with Crippen LogP contribution in [0.2, 0.25) is 0 Å². The molecule has 1 heterocycles. The normalized spacial score (nSPS) is 34.9. The van der Waals surface area contributed by atoms with E-state index in [9.17, 15) is 8.42 Å². The second kappa shape index (κ2) is 6.62. The predicted molar refractivity (Wildman–Crippen MR) is 91.4 cm³/mol. The molecule has 6 heteroatoms. The molecule has 134 valence electrons. The SMILES string of the molecule is CCOC1CC(N(C)S(=O)(=O)N2CCCC(C)C2)C12CCCC2. The smallest absolute Gasteiger partial charge is 0.282 e. The van der Waals surface area contributed by atoms with Crippen LogP contribution in [0.5, 0.6) is 0 Å². The molecule has 3 rings (SSSR count). The fraction of sp³-hybridized carbons (Fsp3) is 1.00. The summed E-state index contributed by atoms with van der Waals surface area (Å²) in [6, 6.07) is 0.115. The number of rotatable bonds is 5. The van der Waals surface area contributed by atoms with Crippen molar-refractivity contribution < 1.29 is 13.2 Å². The zero-order valence-corrected chi connectivity index (χ0v) is 15.6. The minimum atomic E-state index is -3.35. The molecule has 1 saturated heterocycles. The van der Waals surface area contributed by atoms with E-state index in [0.717, 1.165) is 38.7 Å². The fourth-order valence-corrected chi connectivity index (χ4v) is 6.84. The second-order valence-electron chi connectivity index (χ2n) is 7.77. The molecular formula is C17H32N2O3S. The molecule has 2 aliphatic carbocycles. The van der Waals surface area contributed by atoms with E-state index in [0.29, 0.717) is 19.0 Å². The molecule has 1 spiro atoms. The highest BCUT2D eigenvalue weighted by Crippen LogP contribution is 2.57. The molecule has 5 nitrogen and oxygen atoms in total. The van der Waals surface area contributed by atoms with E-state index in [-0.39, 0.29) is 17.6 Å². The van der Waals surface area contributed by atoms with Crippen LogP contribution >= 0.6 is 0 Å². The van der Waals surface area contributed by atoms with Gasteiger partial charge in [0.2, 0.25) is 0 Å². The molecular weight excluding hydrogens is 312 g/mol. The minimum absolute atomic E-state index is 0.0687. The Morgan fingerprint density at radius 2 is 1.96 bits per heavy atom. The Bertz CT molecular complexity index is 516. The zero-order chi connectivity index (χ0) is 16.7. The Labute approximate surface area is 141 Å². The van der Waals surface area contributed by atoms with Crippen LogP contribution < -0.4 is 0 Å². The number of nitrogens with zero attached hydrogens (tertiary/aromatic N) is 2. The molecule has 0 N–H and O–H groups in total. The van der Waals surface area contributed by atoms with Gasteiger partial charge in [0.1, 0.15) is 0 Å². The molecule has 0 aromatic rings. The maximum Gasteiger partial charge on any atom is 0.282 e. The topological polar surface area (TPSA) is 49.9 Å². The van der Waals surface area contributed by atoms with Gasteiger partial charge in [0.25, 0.3) is 10.2 Å². The highest BCUT2D eigenvalue weighted by Gasteiger charge is 2.60. The first-order valence-corrected chi connectivity index (χ1v) is 10.7. The Kier molecular flexibility index (Phi) is 5.08. The molecule has 0 aromatic heterocycles. The summed E-state index contributed by atoms with van der Waals surface area (Å²) in [6.45, 7) is 6.24. The number of ether oxygens (including phenoxy) is 1. The molecule has 2 saturated carbocycles. The quantitative estimate of drug-likeness (QED) is 0.770. The Morgan fingerprint density at radius 1 is 1.26 bits per heavy atom. The van der Waals surface area contributed by atoms with Crippen LogP contribution in [0, 0.1) is 11.3 Å². The summed E-state index contributed by atoms with van der Waals surface area (Å²) in [4.78, 5) is 0. The van der Waals surface area contributed by atoms with Gasteiger partial charge in [-0.25, -0.2) is 0 Å². The van der Waals surface area contributed by atoms with Crippen molar-refractivity contribution in [3.05, 3.63) is 0 Å². The van der Waals surface area contributed by atoms with Gasteiger partial charge in [0, 0.05) is 38.2 Å². The van der Waals surface area contributed by atoms with Crippen molar-refractivity contribution in [3.63, 3.8) is 0 Å². The first-order valence-electron chi connectivity index (χ1n) is 9.26. The molecule has 0 aromatic carbocycles. The third-order valence-corrected chi connectivity index (χ3v) is 8.36. The van der Waals surface area contributed by atoms with Gasteiger partial charge >= 0.3 is 0 Å². The monoisotopic (exact) mass is 344 g/mol. The lowest BCUT2D eigenvalue weighted by atomic mass is 9.60. The lowest BCUT2D eigenvalue weighted by molar-refractivity contribution is -0.146.